The molecule has 2 aliphatic rings. The third-order valence-electron chi connectivity index (χ3n) is 9.23. The number of carbonyl (C=O) groups excluding carboxylic acids is 4. The summed E-state index contributed by atoms with van der Waals surface area (Å²) in [6.07, 6.45) is -15.6. The van der Waals surface area contributed by atoms with Crippen molar-refractivity contribution in [1.82, 2.24) is 14.9 Å². The number of carbonyl (C=O) groups is 4. The van der Waals surface area contributed by atoms with Gasteiger partial charge in [0.2, 0.25) is 11.7 Å². The Morgan fingerprint density at radius 2 is 1.68 bits per heavy atom. The number of carboxylic acids is 1. The van der Waals surface area contributed by atoms with Gasteiger partial charge in [0.25, 0.3) is 0 Å². The van der Waals surface area contributed by atoms with Crippen molar-refractivity contribution in [2.24, 2.45) is 11.8 Å². The molecule has 2 aliphatic heterocycles. The molecule has 3 heterocycles. The van der Waals surface area contributed by atoms with E-state index in [0.717, 1.165) is 10.8 Å². The third kappa shape index (κ3) is 17.2. The average molecular weight is 926 g/mol. The number of hydrogen-bond acceptors (Lipinski definition) is 24. The van der Waals surface area contributed by atoms with Crippen LogP contribution in [0.3, 0.4) is 0 Å². The predicted molar refractivity (Wildman–Crippen MR) is 196 cm³/mol. The summed E-state index contributed by atoms with van der Waals surface area (Å²) in [6.45, 7) is -1.85. The number of amides is 1. The first-order valence-electron chi connectivity index (χ1n) is 18.8. The number of hydrogen-bond donors (Lipinski definition) is 10. The maximum atomic E-state index is 13.1. The Morgan fingerprint density at radius 1 is 1.03 bits per heavy atom. The molecule has 0 radical (unpaired) electrons. The standard InChI is InChI=1S/C33H54N5O22P.Na/c34-24-3-5-38(32(50)37-24)30-28(47)27(46)23(58-30)17-57-61(51,52)60-33(31(48)49)13-21(42)20(29(59-33)26(45)22(43)15-39)12-19(41)14-36-25(44)4-7-54-9-11-55-10-8-53-6-1-2-18(40)16-56-35;/h3,5,20-23,26-30,39,42-43,45-47H,1-2,4,6-17,35H2,(H,36,44)(H,48,49)(H,51,52)(H2,34,37,50);/q;+1/p-1/t20-,21-,22-,23-,26-,27+,28?,29?,30-,33-;/m1./s1. The number of Topliss-reactive ketones (excluding diaryl/α,β-unsaturated/α-hetero) is 2. The second-order valence-corrected chi connectivity index (χ2v) is 15.2. The van der Waals surface area contributed by atoms with E-state index < -0.39 is 124 Å². The molecule has 1 amide bonds. The zero-order valence-corrected chi connectivity index (χ0v) is 36.6. The summed E-state index contributed by atoms with van der Waals surface area (Å²) >= 11 is 0. The van der Waals surface area contributed by atoms with E-state index in [2.05, 4.69) is 15.1 Å². The number of aliphatic carboxylic acids is 1. The van der Waals surface area contributed by atoms with Crippen molar-refractivity contribution in [2.45, 2.75) is 86.8 Å². The van der Waals surface area contributed by atoms with Crippen LogP contribution in [0.15, 0.2) is 17.1 Å². The van der Waals surface area contributed by atoms with Gasteiger partial charge in [-0.05, 0) is 12.5 Å². The molecule has 1 aromatic heterocycles. The minimum Gasteiger partial charge on any atom is -0.544 e. The Labute approximate surface area is 375 Å². The number of aromatic nitrogens is 2. The van der Waals surface area contributed by atoms with E-state index in [4.69, 9.17) is 44.4 Å². The second kappa shape index (κ2) is 27.1. The van der Waals surface area contributed by atoms with Gasteiger partial charge in [-0.15, -0.1) is 0 Å². The Balaban J connectivity index is 0.0000132. The van der Waals surface area contributed by atoms with E-state index >= 15 is 0 Å². The van der Waals surface area contributed by atoms with Gasteiger partial charge in [-0.25, -0.2) is 19.8 Å². The number of nitrogens with zero attached hydrogens (tertiary/aromatic N) is 2. The summed E-state index contributed by atoms with van der Waals surface area (Å²) in [5.74, 6) is -4.26. The first-order valence-corrected chi connectivity index (χ1v) is 20.3. The fourth-order valence-corrected chi connectivity index (χ4v) is 7.04. The van der Waals surface area contributed by atoms with Crippen LogP contribution >= 0.6 is 7.82 Å². The van der Waals surface area contributed by atoms with Crippen LogP contribution in [0.1, 0.15) is 38.3 Å². The first kappa shape index (κ1) is 55.7. The van der Waals surface area contributed by atoms with Crippen molar-refractivity contribution in [3.05, 3.63) is 22.7 Å². The molecule has 12 N–H and O–H groups in total. The molecule has 29 heteroatoms. The number of nitrogens with two attached hydrogens (primary N) is 2. The van der Waals surface area contributed by atoms with E-state index in [1.54, 1.807) is 0 Å². The van der Waals surface area contributed by atoms with Crippen molar-refractivity contribution in [3.63, 3.8) is 0 Å². The average Bonchev–Trinajstić information content (AvgIpc) is 3.48. The van der Waals surface area contributed by atoms with Crippen LogP contribution in [0.25, 0.3) is 0 Å². The minimum absolute atomic E-state index is 0. The molecular formula is C33H53N5NaO22P. The molecule has 0 saturated carbocycles. The molecule has 3 unspecified atom stereocenters. The molecule has 0 bridgehead atoms. The molecule has 2 fully saturated rings. The van der Waals surface area contributed by atoms with Gasteiger partial charge in [-0.3, -0.25) is 28.3 Å². The summed E-state index contributed by atoms with van der Waals surface area (Å²) in [5, 5.41) is 77.2. The summed E-state index contributed by atoms with van der Waals surface area (Å²) in [4.78, 5) is 79.4. The molecule has 0 aliphatic carbocycles. The van der Waals surface area contributed by atoms with E-state index in [-0.39, 0.29) is 93.6 Å². The van der Waals surface area contributed by atoms with Gasteiger partial charge in [0.15, 0.2) is 17.8 Å². The van der Waals surface area contributed by atoms with Crippen LogP contribution < -0.4 is 57.3 Å². The Morgan fingerprint density at radius 3 is 2.29 bits per heavy atom. The van der Waals surface area contributed by atoms with Gasteiger partial charge in [-0.2, -0.15) is 4.98 Å². The normalized spacial score (nSPS) is 26.8. The minimum atomic E-state index is -5.67. The Bertz CT molecular complexity index is 1700. The van der Waals surface area contributed by atoms with Crippen LogP contribution in [0.2, 0.25) is 0 Å². The molecule has 62 heavy (non-hydrogen) atoms. The van der Waals surface area contributed by atoms with E-state index in [1.807, 2.05) is 0 Å². The van der Waals surface area contributed by atoms with Crippen molar-refractivity contribution in [3.8, 4) is 0 Å². The SMILES string of the molecule is NOCC(=O)CCCOCCOCCOCCC(=O)NCC(=O)C[C@H]1C([C@H](O)[C@H](O)CO)O[C@](OP(=O)(O)OC[C@H]2O[C@@H](n3ccc(N)nc3=O)C(O)[C@H]2O)(C(=O)[O-])C[C@H]1O.[Na+]. The van der Waals surface area contributed by atoms with Crippen molar-refractivity contribution < 1.29 is 132 Å². The van der Waals surface area contributed by atoms with Gasteiger partial charge in [0.05, 0.1) is 65.0 Å². The maximum absolute atomic E-state index is 13.1. The number of phosphoric acid groups is 1. The molecule has 348 valence electrons. The zero-order valence-electron chi connectivity index (χ0n) is 33.7. The molecule has 27 nitrogen and oxygen atoms in total. The van der Waals surface area contributed by atoms with Crippen LogP contribution in [0.4, 0.5) is 5.82 Å². The van der Waals surface area contributed by atoms with Gasteiger partial charge in [0.1, 0.15) is 48.9 Å². The molecule has 1 aromatic rings. The fraction of sp³-hybridized carbons (Fsp3) is 0.758. The van der Waals surface area contributed by atoms with Gasteiger partial charge >= 0.3 is 43.1 Å². The van der Waals surface area contributed by atoms with Crippen LogP contribution in [-0.4, -0.2) is 183 Å². The molecular weight excluding hydrogens is 872 g/mol. The van der Waals surface area contributed by atoms with Crippen molar-refractivity contribution in [1.29, 1.82) is 0 Å². The van der Waals surface area contributed by atoms with Crippen LogP contribution in [0, 0.1) is 5.92 Å². The monoisotopic (exact) mass is 925 g/mol. The first-order chi connectivity index (χ1) is 28.8. The smallest absolute Gasteiger partial charge is 0.544 e. The van der Waals surface area contributed by atoms with Crippen LogP contribution in [-0.2, 0) is 61.3 Å². The molecule has 3 rings (SSSR count). The van der Waals surface area contributed by atoms with Crippen LogP contribution in [0.5, 0.6) is 0 Å². The Hall–Kier alpha value is -2.45. The third-order valence-corrected chi connectivity index (χ3v) is 10.2. The van der Waals surface area contributed by atoms with E-state index in [0.29, 0.717) is 13.0 Å². The fourth-order valence-electron chi connectivity index (χ4n) is 6.09. The van der Waals surface area contributed by atoms with Gasteiger partial charge < -0.3 is 80.2 Å². The van der Waals surface area contributed by atoms with E-state index in [1.165, 1.54) is 6.07 Å². The van der Waals surface area contributed by atoms with Gasteiger partial charge in [0, 0.05) is 44.4 Å². The summed E-state index contributed by atoms with van der Waals surface area (Å²) in [5.41, 5.74) is 4.47. The largest absolute Gasteiger partial charge is 1.00 e. The maximum Gasteiger partial charge on any atom is 1.00 e. The van der Waals surface area contributed by atoms with Gasteiger partial charge in [-0.1, -0.05) is 0 Å². The van der Waals surface area contributed by atoms with Crippen molar-refractivity contribution in [2.75, 3.05) is 71.7 Å². The molecule has 11 atom stereocenters. The summed E-state index contributed by atoms with van der Waals surface area (Å²) in [7, 11) is -5.67. The number of anilines is 1. The number of rotatable bonds is 29. The number of nitrogens with one attached hydrogen (secondary N) is 1. The number of aliphatic hydroxyl groups excluding tert-OH is 6. The second-order valence-electron chi connectivity index (χ2n) is 13.8. The predicted octanol–water partition coefficient (Wildman–Crippen LogP) is -9.74. The Kier molecular flexibility index (Phi) is 24.4. The van der Waals surface area contributed by atoms with E-state index in [9.17, 15) is 69.2 Å². The number of aliphatic hydroxyl groups is 6. The number of phosphoric ester groups is 1. The number of carboxylic acid groups (broad SMARTS) is 1. The summed E-state index contributed by atoms with van der Waals surface area (Å²) in [6, 6.07) is 1.18. The number of ether oxygens (including phenoxy) is 5. The summed E-state index contributed by atoms with van der Waals surface area (Å²) < 4.78 is 50.2. The molecule has 0 spiro atoms. The van der Waals surface area contributed by atoms with Crippen molar-refractivity contribution >= 4 is 37.1 Å². The molecule has 2 saturated heterocycles. The quantitative estimate of drug-likeness (QED) is 0.0154. The number of nitrogen functional groups attached to an aromatic ring is 1. The topological polar surface area (TPSA) is 423 Å². The molecule has 0 aromatic carbocycles. The number of ketones is 2. The zero-order chi connectivity index (χ0) is 45.3.